The van der Waals surface area contributed by atoms with Gasteiger partial charge in [0.15, 0.2) is 0 Å². The van der Waals surface area contributed by atoms with Gasteiger partial charge in [-0.25, -0.2) is 0 Å². The van der Waals surface area contributed by atoms with Crippen molar-refractivity contribution in [3.63, 3.8) is 0 Å². The number of hydrogen-bond acceptors (Lipinski definition) is 4. The highest BCUT2D eigenvalue weighted by Gasteiger charge is 2.07. The minimum Gasteiger partial charge on any atom is -0.467 e. The average molecular weight is 273 g/mol. The fourth-order valence-corrected chi connectivity index (χ4v) is 1.83. The number of nitrogens with zero attached hydrogens (tertiary/aromatic N) is 2. The number of likely N-dealkylation sites (N-methyl/N-ethyl adjacent to an activating group) is 1. The first kappa shape index (κ1) is 14.3. The molecule has 1 N–H and O–H groups in total. The van der Waals surface area contributed by atoms with E-state index in [1.807, 2.05) is 36.2 Å². The second kappa shape index (κ2) is 7.45. The molecule has 0 bridgehead atoms. The molecule has 2 heterocycles. The molecule has 106 valence electrons. The normalized spacial score (nSPS) is 10.7. The lowest BCUT2D eigenvalue weighted by molar-refractivity contribution is -0.122. The number of hydrogen-bond donors (Lipinski definition) is 1. The summed E-state index contributed by atoms with van der Waals surface area (Å²) < 4.78 is 5.16. The van der Waals surface area contributed by atoms with Crippen LogP contribution in [0.25, 0.3) is 0 Å². The SMILES string of the molecule is CN(CCc1ccccn1)CC(=O)NCc1ccco1. The Bertz CT molecular complexity index is 511. The molecular weight excluding hydrogens is 254 g/mol. The van der Waals surface area contributed by atoms with Crippen LogP contribution in [0.1, 0.15) is 11.5 Å². The summed E-state index contributed by atoms with van der Waals surface area (Å²) in [7, 11) is 1.93. The van der Waals surface area contributed by atoms with Gasteiger partial charge < -0.3 is 9.73 Å². The maximum atomic E-state index is 11.7. The van der Waals surface area contributed by atoms with Gasteiger partial charge in [0.25, 0.3) is 0 Å². The van der Waals surface area contributed by atoms with Gasteiger partial charge in [0.1, 0.15) is 5.76 Å². The van der Waals surface area contributed by atoms with Gasteiger partial charge in [0.2, 0.25) is 5.91 Å². The van der Waals surface area contributed by atoms with Crippen LogP contribution in [0.4, 0.5) is 0 Å². The maximum absolute atomic E-state index is 11.7. The Morgan fingerprint density at radius 3 is 2.95 bits per heavy atom. The largest absolute Gasteiger partial charge is 0.467 e. The van der Waals surface area contributed by atoms with Gasteiger partial charge in [-0.1, -0.05) is 6.07 Å². The third-order valence-electron chi connectivity index (χ3n) is 2.93. The second-order valence-corrected chi connectivity index (χ2v) is 4.66. The summed E-state index contributed by atoms with van der Waals surface area (Å²) in [5.74, 6) is 0.749. The van der Waals surface area contributed by atoms with Crippen LogP contribution in [0, 0.1) is 0 Å². The first-order valence-corrected chi connectivity index (χ1v) is 6.61. The molecule has 0 spiro atoms. The van der Waals surface area contributed by atoms with Crippen LogP contribution in [-0.2, 0) is 17.8 Å². The molecule has 0 aromatic carbocycles. The summed E-state index contributed by atoms with van der Waals surface area (Å²) in [6, 6.07) is 9.50. The molecule has 2 rings (SSSR count). The molecule has 5 heteroatoms. The highest BCUT2D eigenvalue weighted by atomic mass is 16.3. The van der Waals surface area contributed by atoms with E-state index < -0.39 is 0 Å². The van der Waals surface area contributed by atoms with E-state index in [-0.39, 0.29) is 5.91 Å². The fourth-order valence-electron chi connectivity index (χ4n) is 1.83. The lowest BCUT2D eigenvalue weighted by atomic mass is 10.2. The van der Waals surface area contributed by atoms with Crippen LogP contribution in [0.3, 0.4) is 0 Å². The van der Waals surface area contributed by atoms with Crippen molar-refractivity contribution < 1.29 is 9.21 Å². The zero-order valence-electron chi connectivity index (χ0n) is 11.6. The van der Waals surface area contributed by atoms with Gasteiger partial charge in [-0.05, 0) is 31.3 Å². The van der Waals surface area contributed by atoms with E-state index in [0.29, 0.717) is 13.1 Å². The Morgan fingerprint density at radius 1 is 1.35 bits per heavy atom. The molecule has 0 saturated heterocycles. The van der Waals surface area contributed by atoms with Gasteiger partial charge in [-0.2, -0.15) is 0 Å². The number of furan rings is 1. The molecule has 2 aromatic rings. The van der Waals surface area contributed by atoms with Crippen molar-refractivity contribution in [3.8, 4) is 0 Å². The second-order valence-electron chi connectivity index (χ2n) is 4.66. The summed E-state index contributed by atoms with van der Waals surface area (Å²) in [6.07, 6.45) is 4.22. The highest BCUT2D eigenvalue weighted by Crippen LogP contribution is 1.99. The first-order chi connectivity index (χ1) is 9.74. The van der Waals surface area contributed by atoms with Gasteiger partial charge >= 0.3 is 0 Å². The van der Waals surface area contributed by atoms with Gasteiger partial charge in [0, 0.05) is 24.9 Å². The third-order valence-corrected chi connectivity index (χ3v) is 2.93. The Labute approximate surface area is 118 Å². The molecule has 0 aliphatic heterocycles. The summed E-state index contributed by atoms with van der Waals surface area (Å²) >= 11 is 0. The number of aromatic nitrogens is 1. The van der Waals surface area contributed by atoms with E-state index in [2.05, 4.69) is 10.3 Å². The van der Waals surface area contributed by atoms with Crippen LogP contribution in [0.5, 0.6) is 0 Å². The monoisotopic (exact) mass is 273 g/mol. The molecule has 0 fully saturated rings. The third kappa shape index (κ3) is 4.85. The lowest BCUT2D eigenvalue weighted by Crippen LogP contribution is -2.35. The van der Waals surface area contributed by atoms with Crippen molar-refractivity contribution in [3.05, 3.63) is 54.2 Å². The van der Waals surface area contributed by atoms with Crippen molar-refractivity contribution in [2.45, 2.75) is 13.0 Å². The number of carbonyl (C=O) groups excluding carboxylic acids is 1. The molecule has 0 unspecified atom stereocenters. The van der Waals surface area contributed by atoms with E-state index in [1.165, 1.54) is 0 Å². The van der Waals surface area contributed by atoms with Crippen molar-refractivity contribution in [1.82, 2.24) is 15.2 Å². The summed E-state index contributed by atoms with van der Waals surface area (Å²) in [6.45, 7) is 1.60. The predicted octanol–water partition coefficient (Wildman–Crippen LogP) is 1.47. The minimum atomic E-state index is -0.00933. The van der Waals surface area contributed by atoms with Crippen molar-refractivity contribution in [2.24, 2.45) is 0 Å². The molecule has 20 heavy (non-hydrogen) atoms. The Morgan fingerprint density at radius 2 is 2.25 bits per heavy atom. The average Bonchev–Trinajstić information content (AvgIpc) is 2.97. The Balaban J connectivity index is 1.66. The Hall–Kier alpha value is -2.14. The number of nitrogens with one attached hydrogen (secondary N) is 1. The zero-order valence-corrected chi connectivity index (χ0v) is 11.6. The topological polar surface area (TPSA) is 58.4 Å². The van der Waals surface area contributed by atoms with Gasteiger partial charge in [-0.3, -0.25) is 14.7 Å². The van der Waals surface area contributed by atoms with Crippen LogP contribution >= 0.6 is 0 Å². The van der Waals surface area contributed by atoms with Crippen LogP contribution in [0.15, 0.2) is 47.2 Å². The van der Waals surface area contributed by atoms with Crippen molar-refractivity contribution in [1.29, 1.82) is 0 Å². The molecule has 1 amide bonds. The molecule has 0 atom stereocenters. The molecule has 0 saturated carbocycles. The van der Waals surface area contributed by atoms with Crippen LogP contribution < -0.4 is 5.32 Å². The van der Waals surface area contributed by atoms with Crippen molar-refractivity contribution in [2.75, 3.05) is 20.1 Å². The smallest absolute Gasteiger partial charge is 0.234 e. The molecule has 5 nitrogen and oxygen atoms in total. The summed E-state index contributed by atoms with van der Waals surface area (Å²) in [5, 5.41) is 2.82. The van der Waals surface area contributed by atoms with E-state index in [1.54, 1.807) is 18.5 Å². The van der Waals surface area contributed by atoms with Gasteiger partial charge in [-0.15, -0.1) is 0 Å². The van der Waals surface area contributed by atoms with Crippen molar-refractivity contribution >= 4 is 5.91 Å². The minimum absolute atomic E-state index is 0.00933. The van der Waals surface area contributed by atoms with E-state index in [0.717, 1.165) is 24.4 Å². The summed E-state index contributed by atoms with van der Waals surface area (Å²) in [5.41, 5.74) is 1.04. The summed E-state index contributed by atoms with van der Waals surface area (Å²) in [4.78, 5) is 18.0. The maximum Gasteiger partial charge on any atom is 0.234 e. The quantitative estimate of drug-likeness (QED) is 0.830. The van der Waals surface area contributed by atoms with Crippen LogP contribution in [0.2, 0.25) is 0 Å². The Kier molecular flexibility index (Phi) is 5.32. The fraction of sp³-hybridized carbons (Fsp3) is 0.333. The molecule has 0 aliphatic carbocycles. The molecule has 0 aliphatic rings. The number of amides is 1. The standard InChI is InChI=1S/C15H19N3O2/c1-18(9-7-13-5-2-3-8-16-13)12-15(19)17-11-14-6-4-10-20-14/h2-6,8,10H,7,9,11-12H2,1H3,(H,17,19). The highest BCUT2D eigenvalue weighted by molar-refractivity contribution is 5.77. The number of rotatable bonds is 7. The van der Waals surface area contributed by atoms with E-state index >= 15 is 0 Å². The van der Waals surface area contributed by atoms with Gasteiger partial charge in [0.05, 0.1) is 19.4 Å². The van der Waals surface area contributed by atoms with Crippen LogP contribution in [-0.4, -0.2) is 35.9 Å². The van der Waals surface area contributed by atoms with E-state index in [4.69, 9.17) is 4.42 Å². The predicted molar refractivity (Wildman–Crippen MR) is 76.0 cm³/mol. The lowest BCUT2D eigenvalue weighted by Gasteiger charge is -2.15. The first-order valence-electron chi connectivity index (χ1n) is 6.61. The number of pyridine rings is 1. The zero-order chi connectivity index (χ0) is 14.2. The molecule has 0 radical (unpaired) electrons. The number of carbonyl (C=O) groups is 1. The molecular formula is C15H19N3O2. The molecule has 2 aromatic heterocycles. The van der Waals surface area contributed by atoms with E-state index in [9.17, 15) is 4.79 Å².